The quantitative estimate of drug-likeness (QED) is 0.603. The van der Waals surface area contributed by atoms with Crippen LogP contribution in [0.25, 0.3) is 5.69 Å². The van der Waals surface area contributed by atoms with Crippen molar-refractivity contribution >= 4 is 5.91 Å². The minimum Gasteiger partial charge on any atom is -0.504 e. The molecule has 0 unspecified atom stereocenters. The number of amides is 1. The lowest BCUT2D eigenvalue weighted by atomic mass is 9.86. The van der Waals surface area contributed by atoms with Crippen LogP contribution in [0.15, 0.2) is 54.6 Å². The molecule has 2 aromatic carbocycles. The number of fused-ring (bicyclic) bond motifs is 4. The van der Waals surface area contributed by atoms with Gasteiger partial charge in [-0.3, -0.25) is 4.79 Å². The molecule has 2 aliphatic heterocycles. The minimum absolute atomic E-state index is 0.0920. The molecule has 0 saturated carbocycles. The number of carbonyl (C=O) groups is 1. The number of ether oxygens (including phenoxy) is 2. The molecule has 1 fully saturated rings. The van der Waals surface area contributed by atoms with E-state index in [0.29, 0.717) is 30.0 Å². The van der Waals surface area contributed by atoms with Crippen molar-refractivity contribution < 1.29 is 32.5 Å². The number of piperidine rings is 1. The third kappa shape index (κ3) is 3.30. The molecule has 5 rings (SSSR count). The van der Waals surface area contributed by atoms with Crippen LogP contribution in [0, 0.1) is 0 Å². The number of phenolic OH excluding ortho intramolecular Hbond substituents is 1. The predicted molar refractivity (Wildman–Crippen MR) is 113 cm³/mol. The Morgan fingerprint density at radius 2 is 1.79 bits per heavy atom. The first-order valence-corrected chi connectivity index (χ1v) is 10.5. The fraction of sp³-hybridized carbons (Fsp3) is 0.292. The number of para-hydroxylation sites is 3. The van der Waals surface area contributed by atoms with E-state index in [-0.39, 0.29) is 36.1 Å². The van der Waals surface area contributed by atoms with E-state index in [0.717, 1.165) is 6.07 Å². The number of halogens is 3. The largest absolute Gasteiger partial charge is 0.504 e. The van der Waals surface area contributed by atoms with Gasteiger partial charge in [0.2, 0.25) is 0 Å². The summed E-state index contributed by atoms with van der Waals surface area (Å²) in [6.45, 7) is 0.540. The Bertz CT molecular complexity index is 1230. The van der Waals surface area contributed by atoms with Gasteiger partial charge in [0.05, 0.1) is 24.1 Å². The van der Waals surface area contributed by atoms with Gasteiger partial charge in [-0.1, -0.05) is 18.2 Å². The second-order valence-corrected chi connectivity index (χ2v) is 8.15. The first-order chi connectivity index (χ1) is 15.7. The number of rotatable bonds is 2. The van der Waals surface area contributed by atoms with E-state index < -0.39 is 17.5 Å². The molecular formula is C24H21F3N2O4. The summed E-state index contributed by atoms with van der Waals surface area (Å²) in [6.07, 6.45) is -3.89. The van der Waals surface area contributed by atoms with Crippen LogP contribution in [0.1, 0.15) is 34.6 Å². The van der Waals surface area contributed by atoms with E-state index in [2.05, 4.69) is 0 Å². The smallest absolute Gasteiger partial charge is 0.431 e. The first kappa shape index (κ1) is 21.2. The fourth-order valence-corrected chi connectivity index (χ4v) is 4.77. The number of aromatic hydroxyl groups is 1. The van der Waals surface area contributed by atoms with Crippen LogP contribution in [0.4, 0.5) is 13.2 Å². The van der Waals surface area contributed by atoms with E-state index in [4.69, 9.17) is 9.47 Å². The van der Waals surface area contributed by atoms with E-state index >= 15 is 0 Å². The molecular weight excluding hydrogens is 437 g/mol. The zero-order valence-corrected chi connectivity index (χ0v) is 17.7. The monoisotopic (exact) mass is 458 g/mol. The van der Waals surface area contributed by atoms with Gasteiger partial charge in [0, 0.05) is 25.9 Å². The second-order valence-electron chi connectivity index (χ2n) is 8.15. The molecule has 0 bridgehead atoms. The van der Waals surface area contributed by atoms with Crippen molar-refractivity contribution in [2.24, 2.45) is 0 Å². The van der Waals surface area contributed by atoms with Crippen LogP contribution in [0.3, 0.4) is 0 Å². The minimum atomic E-state index is -4.52. The molecule has 172 valence electrons. The Morgan fingerprint density at radius 1 is 1.06 bits per heavy atom. The predicted octanol–water partition coefficient (Wildman–Crippen LogP) is 4.73. The molecule has 3 heterocycles. The van der Waals surface area contributed by atoms with Crippen LogP contribution < -0.4 is 9.47 Å². The highest BCUT2D eigenvalue weighted by molar-refractivity contribution is 5.97. The zero-order valence-electron chi connectivity index (χ0n) is 17.7. The Balaban J connectivity index is 1.48. The van der Waals surface area contributed by atoms with Crippen molar-refractivity contribution in [1.82, 2.24) is 9.47 Å². The molecule has 1 saturated heterocycles. The molecule has 0 atom stereocenters. The van der Waals surface area contributed by atoms with Crippen molar-refractivity contribution in [2.75, 3.05) is 20.2 Å². The summed E-state index contributed by atoms with van der Waals surface area (Å²) < 4.78 is 54.1. The number of likely N-dealkylation sites (tertiary alicyclic amines) is 1. The Morgan fingerprint density at radius 3 is 2.48 bits per heavy atom. The number of aromatic nitrogens is 1. The number of phenols is 1. The lowest BCUT2D eigenvalue weighted by Gasteiger charge is -2.45. The van der Waals surface area contributed by atoms with Gasteiger partial charge in [0.25, 0.3) is 5.91 Å². The molecule has 0 radical (unpaired) electrons. The number of hydrogen-bond donors (Lipinski definition) is 1. The number of nitrogens with zero attached hydrogens (tertiary/aromatic N) is 2. The zero-order chi connectivity index (χ0) is 23.4. The third-order valence-electron chi connectivity index (χ3n) is 6.34. The van der Waals surface area contributed by atoms with Crippen LogP contribution in [0.5, 0.6) is 17.2 Å². The average Bonchev–Trinajstić information content (AvgIpc) is 3.26. The lowest BCUT2D eigenvalue weighted by Crippen LogP contribution is -2.50. The number of benzene rings is 2. The summed E-state index contributed by atoms with van der Waals surface area (Å²) in [6, 6.07) is 13.8. The molecule has 2 aliphatic rings. The standard InChI is InChI=1S/C24H21F3N2O4/c1-32-21-15(5-4-7-17(21)30)22(31)28-13-11-23(12-14-28)19-9-10-20(24(25,26)27)29(19)16-6-2-3-8-18(16)33-23/h2-10,30H,11-14H2,1H3. The number of hydrogen-bond acceptors (Lipinski definition) is 4. The van der Waals surface area contributed by atoms with Gasteiger partial charge in [-0.05, 0) is 36.4 Å². The van der Waals surface area contributed by atoms with Crippen LogP contribution >= 0.6 is 0 Å². The first-order valence-electron chi connectivity index (χ1n) is 10.5. The van der Waals surface area contributed by atoms with Gasteiger partial charge < -0.3 is 24.0 Å². The molecule has 1 spiro atoms. The number of alkyl halides is 3. The van der Waals surface area contributed by atoms with Gasteiger partial charge in [0.1, 0.15) is 11.4 Å². The van der Waals surface area contributed by atoms with Gasteiger partial charge >= 0.3 is 6.18 Å². The highest BCUT2D eigenvalue weighted by Gasteiger charge is 2.48. The summed E-state index contributed by atoms with van der Waals surface area (Å²) in [7, 11) is 1.37. The Kier molecular flexibility index (Phi) is 4.81. The van der Waals surface area contributed by atoms with E-state index in [9.17, 15) is 23.1 Å². The average molecular weight is 458 g/mol. The highest BCUT2D eigenvalue weighted by Crippen LogP contribution is 2.48. The van der Waals surface area contributed by atoms with E-state index in [1.54, 1.807) is 41.3 Å². The fourth-order valence-electron chi connectivity index (χ4n) is 4.77. The lowest BCUT2D eigenvalue weighted by molar-refractivity contribution is -0.143. The Labute approximate surface area is 187 Å². The van der Waals surface area contributed by atoms with Gasteiger partial charge in [-0.15, -0.1) is 0 Å². The summed E-state index contributed by atoms with van der Waals surface area (Å²) in [5, 5.41) is 10.00. The van der Waals surface area contributed by atoms with Crippen molar-refractivity contribution in [3.8, 4) is 22.9 Å². The number of carbonyl (C=O) groups excluding carboxylic acids is 1. The van der Waals surface area contributed by atoms with Crippen molar-refractivity contribution in [3.63, 3.8) is 0 Å². The summed E-state index contributed by atoms with van der Waals surface area (Å²) >= 11 is 0. The van der Waals surface area contributed by atoms with Crippen molar-refractivity contribution in [1.29, 1.82) is 0 Å². The van der Waals surface area contributed by atoms with Crippen LogP contribution in [0.2, 0.25) is 0 Å². The molecule has 3 aromatic rings. The maximum atomic E-state index is 13.8. The molecule has 0 aliphatic carbocycles. The summed E-state index contributed by atoms with van der Waals surface area (Å²) in [5.41, 5.74) is -0.742. The Hall–Kier alpha value is -3.62. The summed E-state index contributed by atoms with van der Waals surface area (Å²) in [5.74, 6) is 0.0113. The van der Waals surface area contributed by atoms with Gasteiger partial charge in [0.15, 0.2) is 17.1 Å². The van der Waals surface area contributed by atoms with Gasteiger partial charge in [-0.25, -0.2) is 0 Å². The SMILES string of the molecule is COc1c(O)cccc1C(=O)N1CCC2(CC1)Oc1ccccc1-n1c(C(F)(F)F)ccc12. The van der Waals surface area contributed by atoms with Crippen molar-refractivity contribution in [3.05, 3.63) is 71.5 Å². The van der Waals surface area contributed by atoms with Crippen LogP contribution in [-0.2, 0) is 11.8 Å². The van der Waals surface area contributed by atoms with Gasteiger partial charge in [-0.2, -0.15) is 13.2 Å². The maximum Gasteiger partial charge on any atom is 0.431 e. The third-order valence-corrected chi connectivity index (χ3v) is 6.34. The molecule has 6 nitrogen and oxygen atoms in total. The topological polar surface area (TPSA) is 63.9 Å². The molecule has 33 heavy (non-hydrogen) atoms. The molecule has 1 aromatic heterocycles. The highest BCUT2D eigenvalue weighted by atomic mass is 19.4. The van der Waals surface area contributed by atoms with Crippen molar-refractivity contribution in [2.45, 2.75) is 24.6 Å². The normalized spacial score (nSPS) is 16.7. The summed E-state index contributed by atoms with van der Waals surface area (Å²) in [4.78, 5) is 14.7. The second kappa shape index (κ2) is 7.47. The van der Waals surface area contributed by atoms with E-state index in [1.807, 2.05) is 0 Å². The maximum absolute atomic E-state index is 13.8. The molecule has 1 N–H and O–H groups in total. The molecule has 1 amide bonds. The van der Waals surface area contributed by atoms with Crippen LogP contribution in [-0.4, -0.2) is 40.7 Å². The molecule has 9 heteroatoms. The number of methoxy groups -OCH3 is 1. The van der Waals surface area contributed by atoms with E-state index in [1.165, 1.54) is 23.8 Å².